The molecule has 1 aliphatic rings. The standard InChI is InChI=1S/C14H23N3OS/c1-3-4-5-6-10-18-14-13(15-19-16-14)12-8-7-9-17(2)11-12/h8H,3-7,9-11H2,1-2H3/i1D3,3D2,4D2. The van der Waals surface area contributed by atoms with Crippen LogP contribution in [-0.4, -0.2) is 40.4 Å². The lowest BCUT2D eigenvalue weighted by Crippen LogP contribution is -2.25. The Labute approximate surface area is 129 Å². The zero-order chi connectivity index (χ0) is 19.6. The lowest BCUT2D eigenvalue weighted by Gasteiger charge is -2.22. The maximum absolute atomic E-state index is 7.80. The van der Waals surface area contributed by atoms with Gasteiger partial charge in [-0.3, -0.25) is 0 Å². The molecule has 1 aromatic heterocycles. The van der Waals surface area contributed by atoms with Gasteiger partial charge in [0, 0.05) is 22.7 Å². The van der Waals surface area contributed by atoms with Crippen LogP contribution in [0.15, 0.2) is 6.08 Å². The normalized spacial score (nSPS) is 24.1. The smallest absolute Gasteiger partial charge is 0.253 e. The summed E-state index contributed by atoms with van der Waals surface area (Å²) in [6, 6.07) is 0. The fourth-order valence-electron chi connectivity index (χ4n) is 1.93. The Hall–Kier alpha value is -0.940. The molecule has 106 valence electrons. The van der Waals surface area contributed by atoms with Gasteiger partial charge < -0.3 is 9.64 Å². The summed E-state index contributed by atoms with van der Waals surface area (Å²) in [6.07, 6.45) is -2.49. The van der Waals surface area contributed by atoms with Crippen molar-refractivity contribution >= 4 is 17.3 Å². The summed E-state index contributed by atoms with van der Waals surface area (Å²) in [6.45, 7) is -1.18. The van der Waals surface area contributed by atoms with Crippen molar-refractivity contribution in [3.63, 3.8) is 0 Å². The summed E-state index contributed by atoms with van der Waals surface area (Å²) in [5, 5.41) is 0. The van der Waals surface area contributed by atoms with Crippen LogP contribution in [0.4, 0.5) is 0 Å². The van der Waals surface area contributed by atoms with Crippen molar-refractivity contribution in [2.24, 2.45) is 0 Å². The van der Waals surface area contributed by atoms with Gasteiger partial charge in [0.05, 0.1) is 18.3 Å². The highest BCUT2D eigenvalue weighted by atomic mass is 32.1. The average molecular weight is 288 g/mol. The van der Waals surface area contributed by atoms with Crippen LogP contribution in [0.3, 0.4) is 0 Å². The molecular formula is C14H23N3OS. The fraction of sp³-hybridized carbons (Fsp3) is 0.714. The lowest BCUT2D eigenvalue weighted by molar-refractivity contribution is 0.294. The molecule has 0 saturated heterocycles. The Morgan fingerprint density at radius 3 is 3.32 bits per heavy atom. The van der Waals surface area contributed by atoms with E-state index in [-0.39, 0.29) is 19.4 Å². The molecule has 0 amide bonds. The van der Waals surface area contributed by atoms with Gasteiger partial charge >= 0.3 is 0 Å². The number of hydrogen-bond acceptors (Lipinski definition) is 5. The van der Waals surface area contributed by atoms with Crippen LogP contribution in [0.1, 0.15) is 54.1 Å². The summed E-state index contributed by atoms with van der Waals surface area (Å²) in [4.78, 5) is 2.17. The molecule has 0 atom stereocenters. The van der Waals surface area contributed by atoms with E-state index in [1.165, 1.54) is 0 Å². The van der Waals surface area contributed by atoms with E-state index in [0.717, 1.165) is 36.8 Å². The highest BCUT2D eigenvalue weighted by Crippen LogP contribution is 2.27. The van der Waals surface area contributed by atoms with E-state index in [4.69, 9.17) is 14.3 Å². The Balaban J connectivity index is 1.92. The summed E-state index contributed by atoms with van der Waals surface area (Å²) < 4.78 is 66.4. The number of rotatable bonds is 7. The number of ether oxygens (including phenoxy) is 1. The maximum Gasteiger partial charge on any atom is 0.253 e. The van der Waals surface area contributed by atoms with E-state index in [2.05, 4.69) is 19.7 Å². The van der Waals surface area contributed by atoms with Crippen LogP contribution >= 0.6 is 11.7 Å². The van der Waals surface area contributed by atoms with Gasteiger partial charge in [-0.25, -0.2) is 0 Å². The van der Waals surface area contributed by atoms with Crippen LogP contribution in [0.2, 0.25) is 0 Å². The summed E-state index contributed by atoms with van der Waals surface area (Å²) in [5.41, 5.74) is 1.72. The molecule has 0 aromatic carbocycles. The van der Waals surface area contributed by atoms with Gasteiger partial charge in [-0.2, -0.15) is 4.37 Å². The van der Waals surface area contributed by atoms with Gasteiger partial charge in [-0.1, -0.05) is 32.1 Å². The van der Waals surface area contributed by atoms with Crippen LogP contribution in [-0.2, 0) is 0 Å². The SMILES string of the molecule is [2H]C([2H])([2H])C([2H])([2H])C([2H])([2H])CCCOc1nsnc1C1=CCCN(C)C1. The van der Waals surface area contributed by atoms with Gasteiger partial charge in [-0.15, -0.1) is 4.37 Å². The third-order valence-electron chi connectivity index (χ3n) is 2.88. The zero-order valence-corrected chi connectivity index (χ0v) is 11.8. The van der Waals surface area contributed by atoms with Crippen molar-refractivity contribution in [3.05, 3.63) is 11.8 Å². The number of aromatic nitrogens is 2. The minimum Gasteiger partial charge on any atom is -0.475 e. The quantitative estimate of drug-likeness (QED) is 0.722. The second-order valence-corrected chi connectivity index (χ2v) is 4.96. The molecule has 2 rings (SSSR count). The van der Waals surface area contributed by atoms with E-state index in [0.29, 0.717) is 11.6 Å². The van der Waals surface area contributed by atoms with Gasteiger partial charge in [0.2, 0.25) is 0 Å². The molecule has 5 heteroatoms. The van der Waals surface area contributed by atoms with Crippen molar-refractivity contribution in [1.29, 1.82) is 0 Å². The molecule has 4 nitrogen and oxygen atoms in total. The largest absolute Gasteiger partial charge is 0.475 e. The monoisotopic (exact) mass is 288 g/mol. The van der Waals surface area contributed by atoms with Crippen molar-refractivity contribution in [1.82, 2.24) is 13.6 Å². The highest BCUT2D eigenvalue weighted by Gasteiger charge is 2.18. The number of likely N-dealkylation sites (N-methyl/N-ethyl adjacent to an activating group) is 1. The third-order valence-corrected chi connectivity index (χ3v) is 3.39. The minimum absolute atomic E-state index is 0.109. The molecule has 0 aliphatic carbocycles. The molecule has 0 bridgehead atoms. The predicted molar refractivity (Wildman–Crippen MR) is 79.6 cm³/mol. The molecule has 0 radical (unpaired) electrons. The molecule has 2 heterocycles. The van der Waals surface area contributed by atoms with Gasteiger partial charge in [0.1, 0.15) is 5.69 Å². The van der Waals surface area contributed by atoms with Crippen LogP contribution < -0.4 is 4.74 Å². The summed E-state index contributed by atoms with van der Waals surface area (Å²) in [7, 11) is 2.02. The van der Waals surface area contributed by atoms with Gasteiger partial charge in [0.15, 0.2) is 0 Å². The fourth-order valence-corrected chi connectivity index (χ4v) is 2.46. The molecular weight excluding hydrogens is 258 g/mol. The molecule has 0 saturated carbocycles. The average Bonchev–Trinajstić information content (AvgIpc) is 2.99. The molecule has 0 unspecified atom stereocenters. The van der Waals surface area contributed by atoms with Crippen LogP contribution in [0, 0.1) is 0 Å². The first kappa shape index (κ1) is 7.74. The molecule has 1 aromatic rings. The second-order valence-electron chi connectivity index (χ2n) is 4.43. The van der Waals surface area contributed by atoms with E-state index in [1.807, 2.05) is 7.05 Å². The van der Waals surface area contributed by atoms with E-state index >= 15 is 0 Å². The Kier molecular flexibility index (Phi) is 3.10. The number of nitrogens with zero attached hydrogens (tertiary/aromatic N) is 3. The van der Waals surface area contributed by atoms with E-state index in [1.54, 1.807) is 0 Å². The Morgan fingerprint density at radius 2 is 2.47 bits per heavy atom. The second kappa shape index (κ2) is 7.60. The van der Waals surface area contributed by atoms with Crippen molar-refractivity contribution < 1.29 is 14.3 Å². The molecule has 1 aliphatic heterocycles. The highest BCUT2D eigenvalue weighted by molar-refractivity contribution is 6.99. The minimum atomic E-state index is -3.02. The van der Waals surface area contributed by atoms with Crippen molar-refractivity contribution in [2.75, 3.05) is 26.7 Å². The molecule has 19 heavy (non-hydrogen) atoms. The predicted octanol–water partition coefficient (Wildman–Crippen LogP) is 3.22. The van der Waals surface area contributed by atoms with Gasteiger partial charge in [0.25, 0.3) is 5.88 Å². The topological polar surface area (TPSA) is 38.3 Å². The van der Waals surface area contributed by atoms with Gasteiger partial charge in [-0.05, 0) is 25.5 Å². The first-order valence-electron chi connectivity index (χ1n) is 9.79. The zero-order valence-electron chi connectivity index (χ0n) is 18.0. The first-order chi connectivity index (χ1) is 12.0. The first-order valence-corrected chi connectivity index (χ1v) is 7.02. The Bertz CT molecular complexity index is 645. The Morgan fingerprint density at radius 1 is 1.53 bits per heavy atom. The lowest BCUT2D eigenvalue weighted by atomic mass is 10.1. The third kappa shape index (κ3) is 4.28. The maximum atomic E-state index is 7.80. The van der Waals surface area contributed by atoms with Crippen molar-refractivity contribution in [2.45, 2.75) is 38.9 Å². The number of hydrogen-bond donors (Lipinski definition) is 0. The van der Waals surface area contributed by atoms with Crippen LogP contribution in [0.25, 0.3) is 5.57 Å². The van der Waals surface area contributed by atoms with E-state index in [9.17, 15) is 0 Å². The summed E-state index contributed by atoms with van der Waals surface area (Å²) in [5.74, 6) is 0.385. The van der Waals surface area contributed by atoms with E-state index < -0.39 is 19.6 Å². The molecule has 0 fully saturated rings. The van der Waals surface area contributed by atoms with Crippen molar-refractivity contribution in [3.8, 4) is 5.88 Å². The molecule has 0 spiro atoms. The molecule has 0 N–H and O–H groups in total. The van der Waals surface area contributed by atoms with Crippen LogP contribution in [0.5, 0.6) is 5.88 Å². The summed E-state index contributed by atoms with van der Waals surface area (Å²) >= 11 is 1.04.